The molecule has 1 aromatic carbocycles. The van der Waals surface area contributed by atoms with Crippen molar-refractivity contribution in [2.75, 3.05) is 65.0 Å². The number of benzene rings is 1. The number of nitrogens with one attached hydrogen (secondary N) is 6. The number of nitrogens with zero attached hydrogens (tertiary/aromatic N) is 4. The summed E-state index contributed by atoms with van der Waals surface area (Å²) in [7, 11) is 1.45. The van der Waals surface area contributed by atoms with Crippen LogP contribution < -0.4 is 36.4 Å². The van der Waals surface area contributed by atoms with Gasteiger partial charge in [0, 0.05) is 44.5 Å². The van der Waals surface area contributed by atoms with Crippen molar-refractivity contribution >= 4 is 64.5 Å². The molecule has 26 nitrogen and oxygen atoms in total. The molecule has 0 bridgehead atoms. The Morgan fingerprint density at radius 1 is 0.952 bits per heavy atom. The summed E-state index contributed by atoms with van der Waals surface area (Å²) in [5, 5.41) is 37.4. The number of carbonyl (C=O) groups is 8. The zero-order chi connectivity index (χ0) is 46.1. The van der Waals surface area contributed by atoms with E-state index in [9.17, 15) is 52.8 Å². The van der Waals surface area contributed by atoms with Gasteiger partial charge >= 0.3 is 18.1 Å². The fourth-order valence-electron chi connectivity index (χ4n) is 5.40. The number of amides is 8. The van der Waals surface area contributed by atoms with E-state index in [1.165, 1.54) is 24.1 Å². The van der Waals surface area contributed by atoms with Gasteiger partial charge in [-0.3, -0.25) is 33.7 Å². The number of ether oxygens (including phenoxy) is 4. The average molecular weight is 910 g/mol. The number of carbonyl (C=O) groups excluding carboxylic acids is 7. The quantitative estimate of drug-likeness (QED) is 0.0286. The summed E-state index contributed by atoms with van der Waals surface area (Å²) >= 11 is -1.97. The zero-order valence-electron chi connectivity index (χ0n) is 34.2. The highest BCUT2D eigenvalue weighted by Crippen LogP contribution is 2.19. The number of aliphatic carboxylic acids is 1. The van der Waals surface area contributed by atoms with E-state index in [4.69, 9.17) is 24.7 Å². The van der Waals surface area contributed by atoms with Crippen LogP contribution in [0, 0.1) is 0 Å². The minimum absolute atomic E-state index is 0.0113. The minimum atomic E-state index is -1.97. The van der Waals surface area contributed by atoms with Gasteiger partial charge in [-0.25, -0.2) is 27.9 Å². The maximum absolute atomic E-state index is 13.4. The third-order valence-corrected chi connectivity index (χ3v) is 9.33. The van der Waals surface area contributed by atoms with Crippen LogP contribution in [0.3, 0.4) is 0 Å². The second kappa shape index (κ2) is 27.5. The largest absolute Gasteiger partial charge is 0.481 e. The topological polar surface area (TPSA) is 363 Å². The lowest BCUT2D eigenvalue weighted by atomic mass is 10.1. The second-order valence-electron chi connectivity index (χ2n) is 13.3. The molecular weight excluding hydrogens is 859 g/mol. The van der Waals surface area contributed by atoms with E-state index in [2.05, 4.69) is 36.3 Å². The molecule has 27 heteroatoms. The summed E-state index contributed by atoms with van der Waals surface area (Å²) in [6.45, 7) is -1.03. The van der Waals surface area contributed by atoms with E-state index in [-0.39, 0.29) is 89.9 Å². The first kappa shape index (κ1) is 51.0. The summed E-state index contributed by atoms with van der Waals surface area (Å²) in [5.41, 5.74) is 6.59. The Labute approximate surface area is 362 Å². The molecule has 0 spiro atoms. The van der Waals surface area contributed by atoms with Crippen LogP contribution >= 0.6 is 0 Å². The zero-order valence-corrected chi connectivity index (χ0v) is 35.0. The lowest BCUT2D eigenvalue weighted by molar-refractivity contribution is -0.139. The first-order chi connectivity index (χ1) is 30.2. The fourth-order valence-corrected chi connectivity index (χ4v) is 5.95. The van der Waals surface area contributed by atoms with Gasteiger partial charge in [-0.05, 0) is 36.1 Å². The van der Waals surface area contributed by atoms with E-state index >= 15 is 0 Å². The number of urea groups is 1. The van der Waals surface area contributed by atoms with Crippen molar-refractivity contribution in [2.24, 2.45) is 5.73 Å². The van der Waals surface area contributed by atoms with E-state index in [1.54, 1.807) is 12.1 Å². The van der Waals surface area contributed by atoms with Crippen molar-refractivity contribution in [1.82, 2.24) is 45.3 Å². The molecule has 10 N–H and O–H groups in total. The Kier molecular flexibility index (Phi) is 22.3. The van der Waals surface area contributed by atoms with Gasteiger partial charge in [0.1, 0.15) is 18.3 Å². The molecule has 1 aliphatic rings. The van der Waals surface area contributed by atoms with Gasteiger partial charge in [0.25, 0.3) is 11.8 Å². The van der Waals surface area contributed by atoms with Crippen LogP contribution in [-0.2, 0) is 78.7 Å². The Bertz CT molecular complexity index is 1950. The van der Waals surface area contributed by atoms with E-state index in [1.807, 2.05) is 4.72 Å². The molecule has 2 heterocycles. The van der Waals surface area contributed by atoms with Crippen LogP contribution in [0.15, 0.2) is 36.5 Å². The number of hydrogen-bond acceptors (Lipinski definition) is 16. The van der Waals surface area contributed by atoms with Gasteiger partial charge in [-0.15, -0.1) is 5.10 Å². The number of carboxylic acid groups (broad SMARTS) is 1. The number of primary amides is 1. The Balaban J connectivity index is 1.53. The van der Waals surface area contributed by atoms with Crippen molar-refractivity contribution in [3.8, 4) is 0 Å². The third-order valence-electron chi connectivity index (χ3n) is 8.52. The molecule has 0 aliphatic carbocycles. The van der Waals surface area contributed by atoms with Gasteiger partial charge in [0.2, 0.25) is 17.7 Å². The van der Waals surface area contributed by atoms with Crippen molar-refractivity contribution in [3.05, 3.63) is 53.4 Å². The minimum Gasteiger partial charge on any atom is -0.481 e. The molecule has 1 aromatic heterocycles. The normalized spacial score (nSPS) is 13.5. The van der Waals surface area contributed by atoms with Crippen molar-refractivity contribution in [1.29, 1.82) is 0 Å². The number of aromatic nitrogens is 3. The number of hydrogen-bond donors (Lipinski definition) is 9. The Morgan fingerprint density at radius 3 is 2.41 bits per heavy atom. The molecule has 3 atom stereocenters. The summed E-state index contributed by atoms with van der Waals surface area (Å²) in [6, 6.07) is 1.72. The molecular formula is C36H51N11O15S. The van der Waals surface area contributed by atoms with Crippen LogP contribution in [0.4, 0.5) is 15.3 Å². The number of rotatable bonds is 30. The number of imide groups is 1. The number of aliphatic hydroxyl groups excluding tert-OH is 1. The maximum Gasteiger partial charge on any atom is 0.420 e. The van der Waals surface area contributed by atoms with Gasteiger partial charge in [0.15, 0.2) is 11.2 Å². The van der Waals surface area contributed by atoms with Crippen LogP contribution in [0.5, 0.6) is 0 Å². The predicted octanol–water partition coefficient (Wildman–Crippen LogP) is -2.64. The number of anilines is 1. The molecule has 8 amide bonds. The number of carboxylic acids is 1. The highest BCUT2D eigenvalue weighted by atomic mass is 32.2. The molecule has 3 unspecified atom stereocenters. The predicted molar refractivity (Wildman–Crippen MR) is 216 cm³/mol. The van der Waals surface area contributed by atoms with Crippen LogP contribution in [0.2, 0.25) is 0 Å². The summed E-state index contributed by atoms with van der Waals surface area (Å²) < 4.78 is 38.5. The van der Waals surface area contributed by atoms with E-state index < -0.39 is 90.5 Å². The SMILES string of the molecule is COCCNS(=O)NC(=O)OCC(CC(=O)O)n1cc(COCc2cc(NC(=O)C(CCCNC(N)=O)NC(=O)CNC(=O)CCOCCN3C(=O)C=CC3=O)ccc2CO)nn1. The monoisotopic (exact) mass is 909 g/mol. The van der Waals surface area contributed by atoms with Crippen molar-refractivity contribution in [3.63, 3.8) is 0 Å². The molecule has 0 radical (unpaired) electrons. The molecule has 0 saturated heterocycles. The number of aliphatic hydroxyl groups is 1. The van der Waals surface area contributed by atoms with Crippen LogP contribution in [0.1, 0.15) is 48.5 Å². The standard InChI is InChI=1S/C36H51N11O15S/c1-59-13-10-40-63(58)44-36(57)62-22-27(16-33(53)54)47-18-26(43-45-47)21-61-20-24-15-25(5-4-23(24)19-48)41-34(55)28(3-2-9-38-35(37)56)42-30(50)17-39-29(49)8-12-60-14-11-46-31(51)6-7-32(46)52/h4-7,15,18,27-28,40,48H,2-3,8-14,16-17,19-22H2,1H3,(H,39,49)(H,41,55)(H,42,50)(H,44,57)(H,53,54)(H3,37,38,56). The summed E-state index contributed by atoms with van der Waals surface area (Å²) in [5.74, 6) is -4.00. The summed E-state index contributed by atoms with van der Waals surface area (Å²) in [4.78, 5) is 97.5. The van der Waals surface area contributed by atoms with E-state index in [0.717, 1.165) is 17.1 Å². The Hall–Kier alpha value is -6.39. The molecule has 1 aliphatic heterocycles. The smallest absolute Gasteiger partial charge is 0.420 e. The molecule has 346 valence electrons. The van der Waals surface area contributed by atoms with Crippen molar-refractivity contribution in [2.45, 2.75) is 57.6 Å². The van der Waals surface area contributed by atoms with Crippen LogP contribution in [0.25, 0.3) is 0 Å². The second-order valence-corrected chi connectivity index (χ2v) is 14.3. The highest BCUT2D eigenvalue weighted by molar-refractivity contribution is 7.81. The maximum atomic E-state index is 13.4. The number of methoxy groups -OCH3 is 1. The van der Waals surface area contributed by atoms with Gasteiger partial charge in [0.05, 0.1) is 71.4 Å². The lowest BCUT2D eigenvalue weighted by Crippen LogP contribution is -2.47. The van der Waals surface area contributed by atoms with Gasteiger partial charge in [-0.1, -0.05) is 11.3 Å². The Morgan fingerprint density at radius 2 is 1.71 bits per heavy atom. The van der Waals surface area contributed by atoms with E-state index in [0.29, 0.717) is 11.1 Å². The molecule has 3 rings (SSSR count). The lowest BCUT2D eigenvalue weighted by Gasteiger charge is -2.19. The van der Waals surface area contributed by atoms with Crippen LogP contribution in [-0.4, -0.2) is 148 Å². The molecule has 2 aromatic rings. The molecule has 63 heavy (non-hydrogen) atoms. The summed E-state index contributed by atoms with van der Waals surface area (Å²) in [6.07, 6.45) is 2.28. The first-order valence-corrected chi connectivity index (χ1v) is 20.4. The fraction of sp³-hybridized carbons (Fsp3) is 0.500. The van der Waals surface area contributed by atoms with Gasteiger partial charge < -0.3 is 56.2 Å². The first-order valence-electron chi connectivity index (χ1n) is 19.2. The van der Waals surface area contributed by atoms with Gasteiger partial charge in [-0.2, -0.15) is 0 Å². The third kappa shape index (κ3) is 19.5. The molecule has 0 fully saturated rings. The van der Waals surface area contributed by atoms with Crippen molar-refractivity contribution < 1.29 is 71.7 Å². The highest BCUT2D eigenvalue weighted by Gasteiger charge is 2.24. The average Bonchev–Trinajstić information content (AvgIpc) is 3.84. The molecule has 0 saturated carbocycles. The number of nitrogens with two attached hydrogens (primary N) is 1.